The molecule has 0 aromatic heterocycles. The third-order valence-electron chi connectivity index (χ3n) is 3.49. The first-order valence-corrected chi connectivity index (χ1v) is 5.14. The van der Waals surface area contributed by atoms with E-state index >= 15 is 0 Å². The van der Waals surface area contributed by atoms with Crippen molar-refractivity contribution in [2.45, 2.75) is 32.0 Å². The Balaban J connectivity index is 2.32. The zero-order valence-corrected chi connectivity index (χ0v) is 8.95. The van der Waals surface area contributed by atoms with Gasteiger partial charge in [-0.3, -0.25) is 9.59 Å². The molecule has 5 atom stereocenters. The van der Waals surface area contributed by atoms with Crippen LogP contribution in [0.25, 0.3) is 0 Å². The lowest BCUT2D eigenvalue weighted by Crippen LogP contribution is -2.65. The fourth-order valence-corrected chi connectivity index (χ4v) is 2.69. The van der Waals surface area contributed by atoms with Crippen molar-refractivity contribution in [1.82, 2.24) is 4.90 Å². The van der Waals surface area contributed by atoms with E-state index < -0.39 is 47.7 Å². The fourth-order valence-electron chi connectivity index (χ4n) is 2.69. The number of aliphatic hydroxyl groups is 1. The van der Waals surface area contributed by atoms with E-state index in [1.807, 2.05) is 0 Å². The molecule has 88 valence electrons. The van der Waals surface area contributed by atoms with Crippen LogP contribution in [0.15, 0.2) is 0 Å². The number of hydrogen-bond acceptors (Lipinski definition) is 4. The number of β-lactam (4-membered cyclic amide) rings is 1. The quantitative estimate of drug-likeness (QED) is 0.459. The zero-order valence-electron chi connectivity index (χ0n) is 8.95. The first-order valence-electron chi connectivity index (χ1n) is 5.14. The summed E-state index contributed by atoms with van der Waals surface area (Å²) < 4.78 is 0. The molecule has 0 aliphatic carbocycles. The van der Waals surface area contributed by atoms with Crippen LogP contribution < -0.4 is 0 Å². The Labute approximate surface area is 91.8 Å². The molecule has 2 N–H and O–H groups in total. The van der Waals surface area contributed by atoms with Crippen LogP contribution in [0.1, 0.15) is 13.8 Å². The Morgan fingerprint density at radius 1 is 1.44 bits per heavy atom. The van der Waals surface area contributed by atoms with Crippen LogP contribution in [0.4, 0.5) is 0 Å². The molecule has 6 heteroatoms. The summed E-state index contributed by atoms with van der Waals surface area (Å²) in [5.74, 6) is -3.34. The van der Waals surface area contributed by atoms with Gasteiger partial charge in [0, 0.05) is 5.92 Å². The molecule has 0 bridgehead atoms. The second-order valence-electron chi connectivity index (χ2n) is 4.43. The molecule has 2 aliphatic rings. The molecule has 0 radical (unpaired) electrons. The molecular weight excluding hydrogens is 214 g/mol. The van der Waals surface area contributed by atoms with Gasteiger partial charge in [-0.25, -0.2) is 4.79 Å². The van der Waals surface area contributed by atoms with E-state index in [2.05, 4.69) is 0 Å². The first-order chi connectivity index (χ1) is 7.37. The van der Waals surface area contributed by atoms with Gasteiger partial charge in [0.05, 0.1) is 18.1 Å². The van der Waals surface area contributed by atoms with E-state index in [4.69, 9.17) is 5.11 Å². The molecule has 6 nitrogen and oxygen atoms in total. The Morgan fingerprint density at radius 2 is 2.00 bits per heavy atom. The number of fused-ring (bicyclic) bond motifs is 1. The summed E-state index contributed by atoms with van der Waals surface area (Å²) in [5, 5.41) is 18.3. The zero-order chi connectivity index (χ0) is 12.2. The van der Waals surface area contributed by atoms with Crippen LogP contribution in [0.2, 0.25) is 0 Å². The van der Waals surface area contributed by atoms with Crippen molar-refractivity contribution in [3.63, 3.8) is 0 Å². The predicted octanol–water partition coefficient (Wildman–Crippen LogP) is -1.13. The number of rotatable bonds is 2. The highest BCUT2D eigenvalue weighted by molar-refractivity contribution is 6.11. The maximum Gasteiger partial charge on any atom is 0.334 e. The monoisotopic (exact) mass is 227 g/mol. The van der Waals surface area contributed by atoms with Crippen LogP contribution in [0.5, 0.6) is 0 Å². The molecule has 2 rings (SSSR count). The third kappa shape index (κ3) is 1.13. The molecule has 2 fully saturated rings. The molecule has 16 heavy (non-hydrogen) atoms. The normalized spacial score (nSPS) is 39.3. The smallest absolute Gasteiger partial charge is 0.334 e. The van der Waals surface area contributed by atoms with Crippen molar-refractivity contribution in [2.75, 3.05) is 0 Å². The van der Waals surface area contributed by atoms with E-state index in [0.717, 1.165) is 4.90 Å². The number of Topliss-reactive ketones (excluding diaryl/α,β-unsaturated/α-hetero) is 1. The molecule has 0 spiro atoms. The summed E-state index contributed by atoms with van der Waals surface area (Å²) in [6.07, 6.45) is -0.850. The highest BCUT2D eigenvalue weighted by Crippen LogP contribution is 2.42. The number of carbonyl (C=O) groups excluding carboxylic acids is 2. The van der Waals surface area contributed by atoms with Crippen LogP contribution >= 0.6 is 0 Å². The van der Waals surface area contributed by atoms with Gasteiger partial charge in [0.15, 0.2) is 11.8 Å². The van der Waals surface area contributed by atoms with Gasteiger partial charge in [0.2, 0.25) is 5.91 Å². The minimum Gasteiger partial charge on any atom is -0.479 e. The second kappa shape index (κ2) is 3.28. The van der Waals surface area contributed by atoms with E-state index in [1.165, 1.54) is 6.92 Å². The molecule has 0 saturated carbocycles. The van der Waals surface area contributed by atoms with Gasteiger partial charge >= 0.3 is 5.97 Å². The highest BCUT2D eigenvalue weighted by Gasteiger charge is 2.64. The van der Waals surface area contributed by atoms with E-state index in [1.54, 1.807) is 6.92 Å². The predicted molar refractivity (Wildman–Crippen MR) is 51.4 cm³/mol. The topological polar surface area (TPSA) is 94.9 Å². The molecule has 0 aromatic carbocycles. The van der Waals surface area contributed by atoms with E-state index in [-0.39, 0.29) is 0 Å². The lowest BCUT2D eigenvalue weighted by molar-refractivity contribution is -0.171. The standard InChI is InChI=1S/C10H13NO5/c1-3-6-5(4(2)12)9(14)11(6)7(8(3)13)10(15)16/h3-7,12H,1-2H3,(H,15,16)/t3?,4-,5-,6-,7-/m1/s1. The minimum atomic E-state index is -1.36. The van der Waals surface area contributed by atoms with Crippen LogP contribution in [-0.4, -0.2) is 51.0 Å². The molecule has 1 unspecified atom stereocenters. The first kappa shape index (κ1) is 11.1. The number of carboxylic acids is 1. The average molecular weight is 227 g/mol. The maximum atomic E-state index is 11.7. The number of ketones is 1. The van der Waals surface area contributed by atoms with Gasteiger partial charge in [0.1, 0.15) is 0 Å². The van der Waals surface area contributed by atoms with Crippen LogP contribution in [0, 0.1) is 11.8 Å². The Morgan fingerprint density at radius 3 is 2.44 bits per heavy atom. The van der Waals surface area contributed by atoms with Crippen LogP contribution in [0.3, 0.4) is 0 Å². The lowest BCUT2D eigenvalue weighted by Gasteiger charge is -2.46. The average Bonchev–Trinajstić information content (AvgIpc) is 2.38. The summed E-state index contributed by atoms with van der Waals surface area (Å²) in [7, 11) is 0. The maximum absolute atomic E-state index is 11.7. The second-order valence-corrected chi connectivity index (χ2v) is 4.43. The third-order valence-corrected chi connectivity index (χ3v) is 3.49. The minimum absolute atomic E-state index is 0.440. The Bertz CT molecular complexity index is 377. The fraction of sp³-hybridized carbons (Fsp3) is 0.700. The van der Waals surface area contributed by atoms with E-state index in [9.17, 15) is 19.5 Å². The summed E-state index contributed by atoms with van der Waals surface area (Å²) in [6, 6.07) is -1.82. The van der Waals surface area contributed by atoms with Gasteiger partial charge in [0.25, 0.3) is 0 Å². The molecular formula is C10H13NO5. The van der Waals surface area contributed by atoms with Gasteiger partial charge in [-0.15, -0.1) is 0 Å². The SMILES string of the molecule is CC1C(=O)[C@H](C(=O)O)N2C(=O)[C@H]([C@@H](C)O)[C@@H]12. The van der Waals surface area contributed by atoms with Crippen molar-refractivity contribution in [1.29, 1.82) is 0 Å². The van der Waals surface area contributed by atoms with Gasteiger partial charge < -0.3 is 15.1 Å². The van der Waals surface area contributed by atoms with Crippen molar-refractivity contribution >= 4 is 17.7 Å². The van der Waals surface area contributed by atoms with Crippen molar-refractivity contribution < 1.29 is 24.6 Å². The molecule has 2 saturated heterocycles. The van der Waals surface area contributed by atoms with Crippen molar-refractivity contribution in [2.24, 2.45) is 11.8 Å². The molecule has 1 amide bonds. The lowest BCUT2D eigenvalue weighted by atomic mass is 9.79. The number of amides is 1. The van der Waals surface area contributed by atoms with Crippen molar-refractivity contribution in [3.8, 4) is 0 Å². The number of carboxylic acid groups (broad SMARTS) is 1. The number of aliphatic carboxylic acids is 1. The Hall–Kier alpha value is -1.43. The number of carbonyl (C=O) groups is 3. The summed E-state index contributed by atoms with van der Waals surface area (Å²) in [4.78, 5) is 35.3. The summed E-state index contributed by atoms with van der Waals surface area (Å²) in [6.45, 7) is 3.08. The summed E-state index contributed by atoms with van der Waals surface area (Å²) in [5.41, 5.74) is 0. The van der Waals surface area contributed by atoms with Crippen LogP contribution in [-0.2, 0) is 14.4 Å². The molecule has 0 aromatic rings. The van der Waals surface area contributed by atoms with Gasteiger partial charge in [-0.1, -0.05) is 6.92 Å². The van der Waals surface area contributed by atoms with Gasteiger partial charge in [-0.2, -0.15) is 0 Å². The van der Waals surface area contributed by atoms with Crippen molar-refractivity contribution in [3.05, 3.63) is 0 Å². The van der Waals surface area contributed by atoms with Gasteiger partial charge in [-0.05, 0) is 6.92 Å². The number of aliphatic hydroxyl groups excluding tert-OH is 1. The van der Waals surface area contributed by atoms with E-state index in [0.29, 0.717) is 0 Å². The molecule has 2 heterocycles. The summed E-state index contributed by atoms with van der Waals surface area (Å²) >= 11 is 0. The molecule has 2 aliphatic heterocycles. The largest absolute Gasteiger partial charge is 0.479 e. The number of hydrogen-bond donors (Lipinski definition) is 2. The highest BCUT2D eigenvalue weighted by atomic mass is 16.4. The Kier molecular flexibility index (Phi) is 2.27. The number of nitrogens with zero attached hydrogens (tertiary/aromatic N) is 1.